The zero-order chi connectivity index (χ0) is 21.8. The fraction of sp³-hybridized carbons (Fsp3) is 0.192. The van der Waals surface area contributed by atoms with Crippen molar-refractivity contribution in [2.75, 3.05) is 6.61 Å². The highest BCUT2D eigenvalue weighted by atomic mass is 16.5. The first-order chi connectivity index (χ1) is 15.1. The van der Waals surface area contributed by atoms with Crippen molar-refractivity contribution in [3.05, 3.63) is 108 Å². The summed E-state index contributed by atoms with van der Waals surface area (Å²) < 4.78 is 5.56. The molecule has 0 spiro atoms. The third-order valence-electron chi connectivity index (χ3n) is 5.45. The first kappa shape index (κ1) is 20.5. The van der Waals surface area contributed by atoms with Crippen LogP contribution in [0.15, 0.2) is 96.0 Å². The van der Waals surface area contributed by atoms with Crippen molar-refractivity contribution >= 4 is 17.7 Å². The molecule has 0 radical (unpaired) electrons. The zero-order valence-corrected chi connectivity index (χ0v) is 17.6. The molecule has 0 saturated heterocycles. The Kier molecular flexibility index (Phi) is 5.67. The predicted octanol–water partition coefficient (Wildman–Crippen LogP) is 4.50. The minimum atomic E-state index is -1.42. The van der Waals surface area contributed by atoms with Crippen LogP contribution >= 0.6 is 0 Å². The molecule has 5 heteroatoms. The topological polar surface area (TPSA) is 59.0 Å². The van der Waals surface area contributed by atoms with Gasteiger partial charge in [-0.2, -0.15) is 0 Å². The lowest BCUT2D eigenvalue weighted by Gasteiger charge is -2.35. The Hall–Kier alpha value is -3.73. The van der Waals surface area contributed by atoms with E-state index in [1.165, 1.54) is 6.92 Å². The fourth-order valence-electron chi connectivity index (χ4n) is 4.17. The van der Waals surface area contributed by atoms with Crippen molar-refractivity contribution in [2.45, 2.75) is 25.4 Å². The van der Waals surface area contributed by atoms with E-state index in [0.717, 1.165) is 11.1 Å². The van der Waals surface area contributed by atoms with Gasteiger partial charge in [-0.25, -0.2) is 9.79 Å². The van der Waals surface area contributed by atoms with Gasteiger partial charge in [0.1, 0.15) is 11.9 Å². The van der Waals surface area contributed by atoms with Gasteiger partial charge in [0.05, 0.1) is 6.61 Å². The van der Waals surface area contributed by atoms with Gasteiger partial charge in [0, 0.05) is 12.5 Å². The van der Waals surface area contributed by atoms with Gasteiger partial charge < -0.3 is 4.74 Å². The lowest BCUT2D eigenvalue weighted by molar-refractivity contribution is -0.152. The number of ether oxygens (including phenoxy) is 1. The summed E-state index contributed by atoms with van der Waals surface area (Å²) in [6, 6.07) is 27.7. The Balaban J connectivity index is 2.06. The third-order valence-corrected chi connectivity index (χ3v) is 5.45. The number of nitrogens with zero attached hydrogens (tertiary/aromatic N) is 2. The molecule has 1 aliphatic rings. The number of aliphatic imine (C=N–C) groups is 1. The second kappa shape index (κ2) is 8.56. The molecule has 156 valence electrons. The van der Waals surface area contributed by atoms with Crippen LogP contribution in [0.2, 0.25) is 0 Å². The molecular weight excluding hydrogens is 388 g/mol. The Morgan fingerprint density at radius 2 is 1.45 bits per heavy atom. The fourth-order valence-corrected chi connectivity index (χ4v) is 4.17. The lowest BCUT2D eigenvalue weighted by Crippen LogP contribution is -2.46. The number of amides is 1. The summed E-state index contributed by atoms with van der Waals surface area (Å²) in [5, 5.41) is 0. The molecule has 1 aliphatic heterocycles. The summed E-state index contributed by atoms with van der Waals surface area (Å²) in [5.41, 5.74) is 0.833. The third kappa shape index (κ3) is 3.52. The van der Waals surface area contributed by atoms with Gasteiger partial charge in [0.2, 0.25) is 11.4 Å². The first-order valence-corrected chi connectivity index (χ1v) is 10.3. The standard InChI is InChI=1S/C26H24N2O3/c1-3-31-25(30)26(22-17-11-6-12-18-22)23(20-13-7-4-8-14-20)28(19(2)29)24(27-26)21-15-9-5-10-16-21/h4-18,23H,3H2,1-2H3/t23-,26-/m1/s1. The van der Waals surface area contributed by atoms with Crippen molar-refractivity contribution in [3.63, 3.8) is 0 Å². The highest BCUT2D eigenvalue weighted by molar-refractivity contribution is 6.11. The number of carbonyl (C=O) groups excluding carboxylic acids is 2. The maximum atomic E-state index is 13.6. The summed E-state index contributed by atoms with van der Waals surface area (Å²) in [5.74, 6) is -0.218. The number of hydrogen-bond donors (Lipinski definition) is 0. The normalized spacial score (nSPS) is 20.3. The number of rotatable bonds is 5. The Labute approximate surface area is 182 Å². The summed E-state index contributed by atoms with van der Waals surface area (Å²) in [6.07, 6.45) is 0. The first-order valence-electron chi connectivity index (χ1n) is 10.3. The molecule has 3 aromatic carbocycles. The van der Waals surface area contributed by atoms with E-state index in [1.54, 1.807) is 11.8 Å². The van der Waals surface area contributed by atoms with Crippen molar-refractivity contribution < 1.29 is 14.3 Å². The van der Waals surface area contributed by atoms with E-state index in [2.05, 4.69) is 0 Å². The van der Waals surface area contributed by atoms with Gasteiger partial charge in [-0.05, 0) is 18.1 Å². The molecule has 0 aromatic heterocycles. The molecule has 3 aromatic rings. The number of esters is 1. The van der Waals surface area contributed by atoms with Crippen LogP contribution in [0.25, 0.3) is 0 Å². The second-order valence-electron chi connectivity index (χ2n) is 7.36. The van der Waals surface area contributed by atoms with Crippen molar-refractivity contribution in [1.82, 2.24) is 4.90 Å². The minimum Gasteiger partial charge on any atom is -0.464 e. The molecule has 0 N–H and O–H groups in total. The molecular formula is C26H24N2O3. The van der Waals surface area contributed by atoms with Crippen LogP contribution in [-0.4, -0.2) is 29.2 Å². The van der Waals surface area contributed by atoms with E-state index in [9.17, 15) is 9.59 Å². The molecule has 0 fully saturated rings. The van der Waals surface area contributed by atoms with Crippen LogP contribution in [-0.2, 0) is 19.9 Å². The molecule has 0 unspecified atom stereocenters. The van der Waals surface area contributed by atoms with E-state index in [0.29, 0.717) is 11.4 Å². The van der Waals surface area contributed by atoms with E-state index in [1.807, 2.05) is 91.0 Å². The monoisotopic (exact) mass is 412 g/mol. The van der Waals surface area contributed by atoms with Crippen LogP contribution < -0.4 is 0 Å². The van der Waals surface area contributed by atoms with Gasteiger partial charge in [0.15, 0.2) is 0 Å². The van der Waals surface area contributed by atoms with Gasteiger partial charge >= 0.3 is 5.97 Å². The van der Waals surface area contributed by atoms with Crippen molar-refractivity contribution in [1.29, 1.82) is 0 Å². The van der Waals surface area contributed by atoms with Crippen LogP contribution in [0, 0.1) is 0 Å². The van der Waals surface area contributed by atoms with Gasteiger partial charge in [0.25, 0.3) is 0 Å². The second-order valence-corrected chi connectivity index (χ2v) is 7.36. The van der Waals surface area contributed by atoms with Crippen LogP contribution in [0.3, 0.4) is 0 Å². The van der Waals surface area contributed by atoms with E-state index in [4.69, 9.17) is 9.73 Å². The average molecular weight is 412 g/mol. The summed E-state index contributed by atoms with van der Waals surface area (Å²) >= 11 is 0. The number of benzene rings is 3. The Morgan fingerprint density at radius 3 is 2.00 bits per heavy atom. The van der Waals surface area contributed by atoms with Gasteiger partial charge in [-0.15, -0.1) is 0 Å². The molecule has 0 saturated carbocycles. The summed E-state index contributed by atoms with van der Waals surface area (Å²) in [7, 11) is 0. The van der Waals surface area contributed by atoms with Crippen LogP contribution in [0.1, 0.15) is 36.6 Å². The molecule has 2 atom stereocenters. The zero-order valence-electron chi connectivity index (χ0n) is 17.6. The van der Waals surface area contributed by atoms with E-state index in [-0.39, 0.29) is 12.5 Å². The van der Waals surface area contributed by atoms with E-state index < -0.39 is 17.6 Å². The largest absolute Gasteiger partial charge is 0.464 e. The Morgan fingerprint density at radius 1 is 0.903 bits per heavy atom. The Bertz CT molecular complexity index is 1100. The molecule has 5 nitrogen and oxygen atoms in total. The maximum Gasteiger partial charge on any atom is 0.341 e. The SMILES string of the molecule is CCOC(=O)[C@]1(c2ccccc2)N=C(c2ccccc2)N(C(C)=O)[C@@H]1c1ccccc1. The van der Waals surface area contributed by atoms with Crippen molar-refractivity contribution in [2.24, 2.45) is 4.99 Å². The number of hydrogen-bond acceptors (Lipinski definition) is 4. The molecule has 31 heavy (non-hydrogen) atoms. The predicted molar refractivity (Wildman–Crippen MR) is 119 cm³/mol. The van der Waals surface area contributed by atoms with E-state index >= 15 is 0 Å². The number of amidine groups is 1. The quantitative estimate of drug-likeness (QED) is 0.580. The molecule has 4 rings (SSSR count). The maximum absolute atomic E-state index is 13.6. The molecule has 0 aliphatic carbocycles. The van der Waals surface area contributed by atoms with Crippen LogP contribution in [0.5, 0.6) is 0 Å². The average Bonchev–Trinajstić information content (AvgIpc) is 3.19. The van der Waals surface area contributed by atoms with Gasteiger partial charge in [-0.1, -0.05) is 91.0 Å². The molecule has 0 bridgehead atoms. The lowest BCUT2D eigenvalue weighted by atomic mass is 9.80. The molecule has 1 heterocycles. The number of carbonyl (C=O) groups is 2. The summed E-state index contributed by atoms with van der Waals surface area (Å²) in [6.45, 7) is 3.49. The highest BCUT2D eigenvalue weighted by Crippen LogP contribution is 2.49. The highest BCUT2D eigenvalue weighted by Gasteiger charge is 2.58. The molecule has 1 amide bonds. The van der Waals surface area contributed by atoms with Gasteiger partial charge in [-0.3, -0.25) is 9.69 Å². The summed E-state index contributed by atoms with van der Waals surface area (Å²) in [4.78, 5) is 33.2. The smallest absolute Gasteiger partial charge is 0.341 e. The minimum absolute atomic E-state index is 0.196. The van der Waals surface area contributed by atoms with Crippen LogP contribution in [0.4, 0.5) is 0 Å². The van der Waals surface area contributed by atoms with Crippen molar-refractivity contribution in [3.8, 4) is 0 Å².